The van der Waals surface area contributed by atoms with Crippen LogP contribution in [0.3, 0.4) is 0 Å². The molecule has 0 radical (unpaired) electrons. The van der Waals surface area contributed by atoms with Crippen LogP contribution in [0.2, 0.25) is 0 Å². The second-order valence-corrected chi connectivity index (χ2v) is 7.54. The first-order valence-electron chi connectivity index (χ1n) is 9.02. The van der Waals surface area contributed by atoms with Crippen molar-refractivity contribution in [3.63, 3.8) is 0 Å². The Bertz CT molecular complexity index is 1060. The maximum atomic E-state index is 12.7. The largest absolute Gasteiger partial charge is 0.348 e. The van der Waals surface area contributed by atoms with Gasteiger partial charge in [-0.2, -0.15) is 0 Å². The van der Waals surface area contributed by atoms with E-state index < -0.39 is 0 Å². The van der Waals surface area contributed by atoms with Crippen LogP contribution in [-0.2, 0) is 13.1 Å². The minimum Gasteiger partial charge on any atom is -0.348 e. The molecule has 0 aliphatic rings. The Morgan fingerprint density at radius 3 is 2.61 bits per heavy atom. The van der Waals surface area contributed by atoms with Gasteiger partial charge in [0.25, 0.3) is 5.91 Å². The molecule has 0 aliphatic heterocycles. The van der Waals surface area contributed by atoms with Gasteiger partial charge < -0.3 is 9.88 Å². The van der Waals surface area contributed by atoms with Gasteiger partial charge in [0.15, 0.2) is 5.13 Å². The third-order valence-electron chi connectivity index (χ3n) is 4.69. The number of carbonyl (C=O) groups excluding carboxylic acids is 1. The summed E-state index contributed by atoms with van der Waals surface area (Å²) in [6, 6.07) is 10.2. The number of hydrogen-bond donors (Lipinski definition) is 1. The number of benzene rings is 1. The topological polar surface area (TPSA) is 64.7 Å². The lowest BCUT2D eigenvalue weighted by molar-refractivity contribution is 0.0950. The molecule has 142 valence electrons. The maximum absolute atomic E-state index is 12.7. The van der Waals surface area contributed by atoms with Gasteiger partial charge in [0.05, 0.1) is 11.9 Å². The van der Waals surface area contributed by atoms with Crippen molar-refractivity contribution >= 4 is 17.2 Å². The molecule has 0 unspecified atom stereocenters. The van der Waals surface area contributed by atoms with Gasteiger partial charge in [0, 0.05) is 48.4 Å². The lowest BCUT2D eigenvalue weighted by Crippen LogP contribution is -2.23. The fourth-order valence-electron chi connectivity index (χ4n) is 3.24. The number of amides is 1. The number of hydrogen-bond acceptors (Lipinski definition) is 4. The monoisotopic (exact) mass is 391 g/mol. The fourth-order valence-corrected chi connectivity index (χ4v) is 4.00. The van der Waals surface area contributed by atoms with Crippen molar-refractivity contribution in [2.24, 2.45) is 0 Å². The molecule has 7 heteroatoms. The second-order valence-electron chi connectivity index (χ2n) is 6.67. The quantitative estimate of drug-likeness (QED) is 0.545. The molecule has 1 N–H and O–H groups in total. The normalized spacial score (nSPS) is 10.9. The zero-order valence-electron chi connectivity index (χ0n) is 15.8. The van der Waals surface area contributed by atoms with E-state index >= 15 is 0 Å². The molecular formula is C21H21N5OS. The van der Waals surface area contributed by atoms with Crippen molar-refractivity contribution in [1.29, 1.82) is 0 Å². The number of nitrogens with one attached hydrogen (secondary N) is 1. The molecule has 0 spiro atoms. The van der Waals surface area contributed by atoms with Gasteiger partial charge in [-0.15, -0.1) is 11.3 Å². The van der Waals surface area contributed by atoms with Gasteiger partial charge in [-0.1, -0.05) is 24.3 Å². The molecule has 0 saturated heterocycles. The summed E-state index contributed by atoms with van der Waals surface area (Å²) >= 11 is 1.56. The SMILES string of the molecule is Cc1cc(C(=O)NCc2ccc(Cn3ccnc3)cc2)c(C)n1-c1nccs1. The summed E-state index contributed by atoms with van der Waals surface area (Å²) in [5.41, 5.74) is 4.85. The average molecular weight is 392 g/mol. The van der Waals surface area contributed by atoms with E-state index in [1.165, 1.54) is 5.56 Å². The summed E-state index contributed by atoms with van der Waals surface area (Å²) in [5, 5.41) is 5.83. The van der Waals surface area contributed by atoms with E-state index in [0.717, 1.165) is 28.6 Å². The second kappa shape index (κ2) is 7.82. The number of thiazole rings is 1. The van der Waals surface area contributed by atoms with Crippen LogP contribution in [0.4, 0.5) is 0 Å². The number of carbonyl (C=O) groups is 1. The van der Waals surface area contributed by atoms with E-state index in [1.807, 2.05) is 52.8 Å². The van der Waals surface area contributed by atoms with Gasteiger partial charge in [0.1, 0.15) is 0 Å². The van der Waals surface area contributed by atoms with Crippen LogP contribution < -0.4 is 5.32 Å². The first kappa shape index (κ1) is 18.2. The van der Waals surface area contributed by atoms with Crippen molar-refractivity contribution in [2.45, 2.75) is 26.9 Å². The van der Waals surface area contributed by atoms with Crippen LogP contribution in [-0.4, -0.2) is 25.0 Å². The van der Waals surface area contributed by atoms with Crippen molar-refractivity contribution < 1.29 is 4.79 Å². The average Bonchev–Trinajstić information content (AvgIpc) is 3.43. The first-order valence-corrected chi connectivity index (χ1v) is 9.90. The van der Waals surface area contributed by atoms with Crippen molar-refractivity contribution in [3.8, 4) is 5.13 Å². The highest BCUT2D eigenvalue weighted by Crippen LogP contribution is 2.22. The Hall–Kier alpha value is -3.19. The molecule has 0 atom stereocenters. The zero-order chi connectivity index (χ0) is 19.5. The van der Waals surface area contributed by atoms with Gasteiger partial charge in [0.2, 0.25) is 0 Å². The molecule has 0 aliphatic carbocycles. The van der Waals surface area contributed by atoms with E-state index in [0.29, 0.717) is 12.1 Å². The number of aromatic nitrogens is 4. The van der Waals surface area contributed by atoms with Crippen LogP contribution in [0.5, 0.6) is 0 Å². The Balaban J connectivity index is 1.41. The molecule has 28 heavy (non-hydrogen) atoms. The minimum atomic E-state index is -0.0709. The Morgan fingerprint density at radius 2 is 1.93 bits per heavy atom. The molecule has 0 bridgehead atoms. The zero-order valence-corrected chi connectivity index (χ0v) is 16.6. The van der Waals surface area contributed by atoms with Crippen LogP contribution in [0.25, 0.3) is 5.13 Å². The summed E-state index contributed by atoms with van der Waals surface area (Å²) in [6.07, 6.45) is 7.29. The van der Waals surface area contributed by atoms with Gasteiger partial charge >= 0.3 is 0 Å². The number of rotatable bonds is 6. The molecule has 4 aromatic rings. The van der Waals surface area contributed by atoms with Crippen LogP contribution in [0.15, 0.2) is 60.6 Å². The van der Waals surface area contributed by atoms with E-state index in [2.05, 4.69) is 27.4 Å². The van der Waals surface area contributed by atoms with Gasteiger partial charge in [-0.25, -0.2) is 9.97 Å². The van der Waals surface area contributed by atoms with Crippen LogP contribution in [0.1, 0.15) is 32.9 Å². The molecule has 0 fully saturated rings. The molecule has 3 heterocycles. The first-order chi connectivity index (χ1) is 13.6. The lowest BCUT2D eigenvalue weighted by atomic mass is 10.1. The highest BCUT2D eigenvalue weighted by molar-refractivity contribution is 7.12. The van der Waals surface area contributed by atoms with Crippen LogP contribution >= 0.6 is 11.3 Å². The minimum absolute atomic E-state index is 0.0709. The van der Waals surface area contributed by atoms with Gasteiger partial charge in [-0.05, 0) is 31.0 Å². The van der Waals surface area contributed by atoms with E-state index in [4.69, 9.17) is 0 Å². The van der Waals surface area contributed by atoms with Crippen LogP contribution in [0, 0.1) is 13.8 Å². The summed E-state index contributed by atoms with van der Waals surface area (Å²) in [5.74, 6) is -0.0709. The number of nitrogens with zero attached hydrogens (tertiary/aromatic N) is 4. The highest BCUT2D eigenvalue weighted by atomic mass is 32.1. The summed E-state index contributed by atoms with van der Waals surface area (Å²) in [4.78, 5) is 21.1. The molecular weight excluding hydrogens is 370 g/mol. The Labute approximate surface area is 167 Å². The smallest absolute Gasteiger partial charge is 0.253 e. The molecule has 6 nitrogen and oxygen atoms in total. The van der Waals surface area contributed by atoms with Gasteiger partial charge in [-0.3, -0.25) is 9.36 Å². The fraction of sp³-hybridized carbons (Fsp3) is 0.190. The molecule has 1 aromatic carbocycles. The summed E-state index contributed by atoms with van der Waals surface area (Å²) in [6.45, 7) is 5.22. The Morgan fingerprint density at radius 1 is 1.14 bits per heavy atom. The summed E-state index contributed by atoms with van der Waals surface area (Å²) in [7, 11) is 0. The molecule has 4 rings (SSSR count). The highest BCUT2D eigenvalue weighted by Gasteiger charge is 2.17. The predicted molar refractivity (Wildman–Crippen MR) is 110 cm³/mol. The Kier molecular flexibility index (Phi) is 5.08. The van der Waals surface area contributed by atoms with E-state index in [9.17, 15) is 4.79 Å². The lowest BCUT2D eigenvalue weighted by Gasteiger charge is -2.08. The van der Waals surface area contributed by atoms with E-state index in [-0.39, 0.29) is 5.91 Å². The third-order valence-corrected chi connectivity index (χ3v) is 5.44. The summed E-state index contributed by atoms with van der Waals surface area (Å²) < 4.78 is 4.04. The van der Waals surface area contributed by atoms with Crippen molar-refractivity contribution in [3.05, 3.63) is 88.7 Å². The standard InChI is InChI=1S/C21H21N5OS/c1-15-11-19(16(2)26(15)21-23-8-10-28-21)20(27)24-12-17-3-5-18(6-4-17)13-25-9-7-22-14-25/h3-11,14H,12-13H2,1-2H3,(H,24,27). The predicted octanol–water partition coefficient (Wildman–Crippen LogP) is 3.73. The number of imidazole rings is 1. The third kappa shape index (κ3) is 3.75. The number of aryl methyl sites for hydroxylation is 1. The molecule has 1 amide bonds. The maximum Gasteiger partial charge on any atom is 0.253 e. The van der Waals surface area contributed by atoms with Crippen molar-refractivity contribution in [1.82, 2.24) is 24.4 Å². The molecule has 3 aromatic heterocycles. The van der Waals surface area contributed by atoms with E-state index in [1.54, 1.807) is 30.1 Å². The molecule has 0 saturated carbocycles. The van der Waals surface area contributed by atoms with Crippen molar-refractivity contribution in [2.75, 3.05) is 0 Å².